The van der Waals surface area contributed by atoms with Crippen molar-refractivity contribution in [2.75, 3.05) is 19.7 Å². The molecule has 0 spiro atoms. The van der Waals surface area contributed by atoms with Crippen LogP contribution in [0, 0.1) is 5.92 Å². The molecule has 2 atom stereocenters. The van der Waals surface area contributed by atoms with E-state index in [0.29, 0.717) is 31.1 Å². The van der Waals surface area contributed by atoms with E-state index in [4.69, 9.17) is 5.73 Å². The van der Waals surface area contributed by atoms with Gasteiger partial charge in [-0.1, -0.05) is 6.92 Å². The zero-order valence-electron chi connectivity index (χ0n) is 10.5. The van der Waals surface area contributed by atoms with Crippen LogP contribution < -0.4 is 5.73 Å². The van der Waals surface area contributed by atoms with Crippen LogP contribution in [0.2, 0.25) is 0 Å². The summed E-state index contributed by atoms with van der Waals surface area (Å²) in [5.41, 5.74) is 5.95. The monoisotopic (exact) mass is 269 g/mol. The minimum absolute atomic E-state index is 0.0205. The number of thiazole rings is 1. The number of aliphatic hydroxyl groups is 1. The Morgan fingerprint density at radius 1 is 1.72 bits per heavy atom. The Morgan fingerprint density at radius 2 is 2.50 bits per heavy atom. The summed E-state index contributed by atoms with van der Waals surface area (Å²) >= 11 is 1.47. The highest BCUT2D eigenvalue weighted by atomic mass is 32.1. The summed E-state index contributed by atoms with van der Waals surface area (Å²) in [5.74, 6) is 0.277. The lowest BCUT2D eigenvalue weighted by atomic mass is 10.0. The third-order valence-corrected chi connectivity index (χ3v) is 4.37. The van der Waals surface area contributed by atoms with E-state index in [2.05, 4.69) is 11.9 Å². The normalized spacial score (nSPS) is 23.6. The predicted molar refractivity (Wildman–Crippen MR) is 70.6 cm³/mol. The minimum Gasteiger partial charge on any atom is -0.394 e. The van der Waals surface area contributed by atoms with Crippen molar-refractivity contribution in [3.05, 3.63) is 16.1 Å². The number of nitrogens with zero attached hydrogens (tertiary/aromatic N) is 2. The van der Waals surface area contributed by atoms with Crippen molar-refractivity contribution in [2.24, 2.45) is 11.7 Å². The molecule has 1 aromatic heterocycles. The molecule has 3 N–H and O–H groups in total. The van der Waals surface area contributed by atoms with Crippen LogP contribution in [-0.2, 0) is 6.42 Å². The molecule has 0 radical (unpaired) electrons. The Morgan fingerprint density at radius 3 is 3.17 bits per heavy atom. The fourth-order valence-electron chi connectivity index (χ4n) is 2.33. The molecule has 1 amide bonds. The van der Waals surface area contributed by atoms with E-state index in [9.17, 15) is 9.90 Å². The average molecular weight is 269 g/mol. The fraction of sp³-hybridized carbons (Fsp3) is 0.667. The molecule has 2 heterocycles. The molecule has 1 fully saturated rings. The molecule has 1 saturated heterocycles. The largest absolute Gasteiger partial charge is 0.394 e. The Hall–Kier alpha value is -0.980. The Bertz CT molecular complexity index is 421. The molecule has 100 valence electrons. The second-order valence-corrected chi connectivity index (χ2v) is 5.62. The number of nitrogens with two attached hydrogens (primary N) is 1. The lowest BCUT2D eigenvalue weighted by Gasteiger charge is -2.24. The van der Waals surface area contributed by atoms with Gasteiger partial charge in [0.05, 0.1) is 17.7 Å². The first-order chi connectivity index (χ1) is 8.67. The number of rotatable bonds is 4. The van der Waals surface area contributed by atoms with Gasteiger partial charge in [-0.15, -0.1) is 11.3 Å². The molecular weight excluding hydrogens is 250 g/mol. The van der Waals surface area contributed by atoms with Crippen LogP contribution in [0.5, 0.6) is 0 Å². The number of likely N-dealkylation sites (tertiary alicyclic amines) is 1. The zero-order valence-corrected chi connectivity index (χ0v) is 11.3. The van der Waals surface area contributed by atoms with E-state index >= 15 is 0 Å². The first kappa shape index (κ1) is 13.5. The second-order valence-electron chi connectivity index (χ2n) is 4.68. The lowest BCUT2D eigenvalue weighted by Crippen LogP contribution is -2.40. The van der Waals surface area contributed by atoms with E-state index in [1.54, 1.807) is 10.3 Å². The highest BCUT2D eigenvalue weighted by molar-refractivity contribution is 7.09. The van der Waals surface area contributed by atoms with Crippen molar-refractivity contribution < 1.29 is 9.90 Å². The topological polar surface area (TPSA) is 79.5 Å². The average Bonchev–Trinajstić information content (AvgIpc) is 2.95. The molecule has 0 aromatic carbocycles. The number of amides is 1. The van der Waals surface area contributed by atoms with Gasteiger partial charge in [0.2, 0.25) is 0 Å². The standard InChI is InChI=1S/C12H19N3O2S/c1-8-3-5-15(10(8)6-16)12(17)9-7-18-11(14-9)2-4-13/h7-8,10,16H,2-6,13H2,1H3. The summed E-state index contributed by atoms with van der Waals surface area (Å²) in [5, 5.41) is 12.0. The van der Waals surface area contributed by atoms with Crippen molar-refractivity contribution in [3.8, 4) is 0 Å². The van der Waals surface area contributed by atoms with Gasteiger partial charge in [-0.2, -0.15) is 0 Å². The summed E-state index contributed by atoms with van der Waals surface area (Å²) in [7, 11) is 0. The quantitative estimate of drug-likeness (QED) is 0.833. The van der Waals surface area contributed by atoms with E-state index in [0.717, 1.165) is 11.4 Å². The van der Waals surface area contributed by atoms with Crippen LogP contribution >= 0.6 is 11.3 Å². The van der Waals surface area contributed by atoms with Gasteiger partial charge in [0.1, 0.15) is 5.69 Å². The molecule has 18 heavy (non-hydrogen) atoms. The maximum Gasteiger partial charge on any atom is 0.273 e. The highest BCUT2D eigenvalue weighted by Gasteiger charge is 2.34. The van der Waals surface area contributed by atoms with Gasteiger partial charge in [-0.25, -0.2) is 4.98 Å². The molecule has 2 rings (SSSR count). The fourth-order valence-corrected chi connectivity index (χ4v) is 3.12. The number of carbonyl (C=O) groups excluding carboxylic acids is 1. The smallest absolute Gasteiger partial charge is 0.273 e. The SMILES string of the molecule is CC1CCN(C(=O)c2csc(CCN)n2)C1CO. The van der Waals surface area contributed by atoms with Crippen LogP contribution in [0.4, 0.5) is 0 Å². The summed E-state index contributed by atoms with van der Waals surface area (Å²) in [6.07, 6.45) is 1.65. The van der Waals surface area contributed by atoms with Gasteiger partial charge in [-0.05, 0) is 18.9 Å². The van der Waals surface area contributed by atoms with Crippen LogP contribution in [0.15, 0.2) is 5.38 Å². The van der Waals surface area contributed by atoms with Crippen LogP contribution in [0.25, 0.3) is 0 Å². The van der Waals surface area contributed by atoms with Gasteiger partial charge in [-0.3, -0.25) is 4.79 Å². The van der Waals surface area contributed by atoms with Gasteiger partial charge < -0.3 is 15.7 Å². The molecule has 2 unspecified atom stereocenters. The molecule has 6 heteroatoms. The number of hydrogen-bond donors (Lipinski definition) is 2. The number of hydrogen-bond acceptors (Lipinski definition) is 5. The Balaban J connectivity index is 2.10. The van der Waals surface area contributed by atoms with Gasteiger partial charge in [0, 0.05) is 18.3 Å². The van der Waals surface area contributed by atoms with E-state index in [1.807, 2.05) is 0 Å². The number of aromatic nitrogens is 1. The molecule has 1 aliphatic rings. The maximum atomic E-state index is 12.3. The van der Waals surface area contributed by atoms with Crippen LogP contribution in [-0.4, -0.2) is 46.6 Å². The molecule has 0 saturated carbocycles. The van der Waals surface area contributed by atoms with E-state index < -0.39 is 0 Å². The molecule has 5 nitrogen and oxygen atoms in total. The van der Waals surface area contributed by atoms with Crippen LogP contribution in [0.3, 0.4) is 0 Å². The zero-order chi connectivity index (χ0) is 13.1. The van der Waals surface area contributed by atoms with Crippen molar-refractivity contribution in [3.63, 3.8) is 0 Å². The second kappa shape index (κ2) is 5.77. The molecule has 1 aromatic rings. The Kier molecular flexibility index (Phi) is 4.31. The van der Waals surface area contributed by atoms with Crippen molar-refractivity contribution >= 4 is 17.2 Å². The molecular formula is C12H19N3O2S. The van der Waals surface area contributed by atoms with Gasteiger partial charge >= 0.3 is 0 Å². The van der Waals surface area contributed by atoms with E-state index in [1.165, 1.54) is 11.3 Å². The van der Waals surface area contributed by atoms with Gasteiger partial charge in [0.15, 0.2) is 0 Å². The summed E-state index contributed by atoms with van der Waals surface area (Å²) < 4.78 is 0. The van der Waals surface area contributed by atoms with Gasteiger partial charge in [0.25, 0.3) is 5.91 Å². The maximum absolute atomic E-state index is 12.3. The minimum atomic E-state index is -0.0721. The first-order valence-corrected chi connectivity index (χ1v) is 7.11. The van der Waals surface area contributed by atoms with E-state index in [-0.39, 0.29) is 18.6 Å². The number of carbonyl (C=O) groups is 1. The summed E-state index contributed by atoms with van der Waals surface area (Å²) in [6, 6.07) is -0.0721. The third-order valence-electron chi connectivity index (χ3n) is 3.46. The number of aliphatic hydroxyl groups excluding tert-OH is 1. The third kappa shape index (κ3) is 2.55. The van der Waals surface area contributed by atoms with Crippen LogP contribution in [0.1, 0.15) is 28.8 Å². The first-order valence-electron chi connectivity index (χ1n) is 6.23. The Labute approximate surface area is 111 Å². The summed E-state index contributed by atoms with van der Waals surface area (Å²) in [6.45, 7) is 3.33. The lowest BCUT2D eigenvalue weighted by molar-refractivity contribution is 0.0643. The summed E-state index contributed by atoms with van der Waals surface area (Å²) in [4.78, 5) is 18.4. The molecule has 0 bridgehead atoms. The molecule has 1 aliphatic heterocycles. The molecule has 0 aliphatic carbocycles. The van der Waals surface area contributed by atoms with Crippen molar-refractivity contribution in [2.45, 2.75) is 25.8 Å². The predicted octanol–water partition coefficient (Wildman–Crippen LogP) is 0.487. The van der Waals surface area contributed by atoms with Crippen molar-refractivity contribution in [1.82, 2.24) is 9.88 Å². The highest BCUT2D eigenvalue weighted by Crippen LogP contribution is 2.25. The van der Waals surface area contributed by atoms with Crippen molar-refractivity contribution in [1.29, 1.82) is 0 Å².